The molecule has 0 aliphatic heterocycles. The molecule has 2 heteroatoms. The van der Waals surface area contributed by atoms with Gasteiger partial charge >= 0.3 is 0 Å². The van der Waals surface area contributed by atoms with E-state index in [1.54, 1.807) is 6.07 Å². The number of phenolic OH excluding ortho intramolecular Hbond substituents is 1. The predicted molar refractivity (Wildman–Crippen MR) is 52.6 cm³/mol. The molecule has 2 nitrogen and oxygen atoms in total. The maximum atomic E-state index is 9.70. The van der Waals surface area contributed by atoms with Gasteiger partial charge in [0.25, 0.3) is 0 Å². The molecule has 0 bridgehead atoms. The van der Waals surface area contributed by atoms with E-state index < -0.39 is 6.10 Å². The summed E-state index contributed by atoms with van der Waals surface area (Å²) in [6.45, 7) is 5.73. The average molecular weight is 180 g/mol. The van der Waals surface area contributed by atoms with Crippen LogP contribution in [0.25, 0.3) is 0 Å². The molecule has 0 saturated carbocycles. The van der Waals surface area contributed by atoms with E-state index in [0.29, 0.717) is 0 Å². The van der Waals surface area contributed by atoms with Gasteiger partial charge in [0.1, 0.15) is 5.75 Å². The molecule has 0 fully saturated rings. The maximum Gasteiger partial charge on any atom is 0.118 e. The van der Waals surface area contributed by atoms with E-state index in [0.717, 1.165) is 11.1 Å². The number of aryl methyl sites for hydroxylation is 1. The summed E-state index contributed by atoms with van der Waals surface area (Å²) in [4.78, 5) is 0. The molecular weight excluding hydrogens is 164 g/mol. The molecule has 0 unspecified atom stereocenters. The normalized spacial score (nSPS) is 13.3. The van der Waals surface area contributed by atoms with Crippen LogP contribution >= 0.6 is 0 Å². The topological polar surface area (TPSA) is 40.5 Å². The molecule has 0 aliphatic rings. The van der Waals surface area contributed by atoms with E-state index >= 15 is 0 Å². The lowest BCUT2D eigenvalue weighted by atomic mass is 9.98. The Balaban J connectivity index is 2.97. The second-order valence-electron chi connectivity index (χ2n) is 3.73. The van der Waals surface area contributed by atoms with Crippen LogP contribution in [0.2, 0.25) is 0 Å². The van der Waals surface area contributed by atoms with Gasteiger partial charge in [-0.2, -0.15) is 0 Å². The highest BCUT2D eigenvalue weighted by Gasteiger charge is 2.12. The van der Waals surface area contributed by atoms with Gasteiger partial charge in [0, 0.05) is 0 Å². The van der Waals surface area contributed by atoms with Gasteiger partial charge in [0.05, 0.1) is 6.10 Å². The van der Waals surface area contributed by atoms with Crippen molar-refractivity contribution in [2.45, 2.75) is 26.9 Å². The Morgan fingerprint density at radius 1 is 1.23 bits per heavy atom. The zero-order valence-electron chi connectivity index (χ0n) is 8.28. The second kappa shape index (κ2) is 3.79. The third kappa shape index (κ3) is 2.22. The number of hydrogen-bond acceptors (Lipinski definition) is 2. The summed E-state index contributed by atoms with van der Waals surface area (Å²) >= 11 is 0. The minimum atomic E-state index is -0.494. The molecule has 0 amide bonds. The molecule has 0 heterocycles. The zero-order valence-corrected chi connectivity index (χ0v) is 8.28. The highest BCUT2D eigenvalue weighted by molar-refractivity contribution is 5.36. The van der Waals surface area contributed by atoms with Crippen molar-refractivity contribution in [3.63, 3.8) is 0 Å². The first-order chi connectivity index (χ1) is 6.02. The molecule has 1 atom stereocenters. The van der Waals surface area contributed by atoms with Crippen molar-refractivity contribution in [2.75, 3.05) is 0 Å². The van der Waals surface area contributed by atoms with Crippen molar-refractivity contribution < 1.29 is 10.2 Å². The van der Waals surface area contributed by atoms with Gasteiger partial charge < -0.3 is 10.2 Å². The van der Waals surface area contributed by atoms with Crippen LogP contribution < -0.4 is 0 Å². The van der Waals surface area contributed by atoms with Crippen molar-refractivity contribution in [1.82, 2.24) is 0 Å². The van der Waals surface area contributed by atoms with Crippen molar-refractivity contribution in [3.8, 4) is 5.75 Å². The molecule has 2 N–H and O–H groups in total. The Morgan fingerprint density at radius 2 is 1.85 bits per heavy atom. The summed E-state index contributed by atoms with van der Waals surface area (Å²) in [5.74, 6) is 0.416. The largest absolute Gasteiger partial charge is 0.508 e. The molecule has 1 aromatic carbocycles. The number of aromatic hydroxyl groups is 1. The van der Waals surface area contributed by atoms with Crippen LogP contribution in [0.4, 0.5) is 0 Å². The number of aliphatic hydroxyl groups is 1. The summed E-state index contributed by atoms with van der Waals surface area (Å²) in [6, 6.07) is 5.29. The molecule has 13 heavy (non-hydrogen) atoms. The number of rotatable bonds is 2. The second-order valence-corrected chi connectivity index (χ2v) is 3.73. The summed E-state index contributed by atoms with van der Waals surface area (Å²) < 4.78 is 0. The highest BCUT2D eigenvalue weighted by Crippen LogP contribution is 2.26. The summed E-state index contributed by atoms with van der Waals surface area (Å²) in [7, 11) is 0. The van der Waals surface area contributed by atoms with Crippen molar-refractivity contribution in [3.05, 3.63) is 29.3 Å². The monoisotopic (exact) mass is 180 g/mol. The first kappa shape index (κ1) is 10.1. The Hall–Kier alpha value is -1.02. The van der Waals surface area contributed by atoms with Crippen molar-refractivity contribution in [1.29, 1.82) is 0 Å². The minimum Gasteiger partial charge on any atom is -0.508 e. The molecule has 0 aromatic heterocycles. The van der Waals surface area contributed by atoms with Crippen LogP contribution in [0.3, 0.4) is 0 Å². The van der Waals surface area contributed by atoms with Gasteiger partial charge in [-0.05, 0) is 30.0 Å². The third-order valence-electron chi connectivity index (χ3n) is 2.21. The van der Waals surface area contributed by atoms with Gasteiger partial charge in [-0.1, -0.05) is 26.0 Å². The smallest absolute Gasteiger partial charge is 0.118 e. The molecule has 0 radical (unpaired) electrons. The van der Waals surface area contributed by atoms with Crippen LogP contribution in [0, 0.1) is 12.8 Å². The first-order valence-corrected chi connectivity index (χ1v) is 4.50. The quantitative estimate of drug-likeness (QED) is 0.733. The lowest BCUT2D eigenvalue weighted by Crippen LogP contribution is -2.05. The fourth-order valence-corrected chi connectivity index (χ4v) is 1.20. The van der Waals surface area contributed by atoms with Crippen LogP contribution in [0.1, 0.15) is 31.1 Å². The van der Waals surface area contributed by atoms with E-state index in [2.05, 4.69) is 0 Å². The zero-order chi connectivity index (χ0) is 10.0. The van der Waals surface area contributed by atoms with Gasteiger partial charge in [-0.25, -0.2) is 0 Å². The van der Waals surface area contributed by atoms with E-state index in [1.165, 1.54) is 0 Å². The molecular formula is C11H16O2. The fourth-order valence-electron chi connectivity index (χ4n) is 1.20. The van der Waals surface area contributed by atoms with E-state index in [1.807, 2.05) is 32.9 Å². The Kier molecular flexibility index (Phi) is 2.94. The van der Waals surface area contributed by atoms with Gasteiger partial charge in [0.2, 0.25) is 0 Å². The van der Waals surface area contributed by atoms with Crippen molar-refractivity contribution in [2.24, 2.45) is 5.92 Å². The molecule has 1 rings (SSSR count). The van der Waals surface area contributed by atoms with E-state index in [4.69, 9.17) is 0 Å². The summed E-state index contributed by atoms with van der Waals surface area (Å²) in [6.07, 6.45) is -0.494. The lowest BCUT2D eigenvalue weighted by molar-refractivity contribution is 0.126. The number of benzene rings is 1. The lowest BCUT2D eigenvalue weighted by Gasteiger charge is -2.15. The summed E-state index contributed by atoms with van der Waals surface area (Å²) in [5.41, 5.74) is 1.61. The molecule has 0 aliphatic carbocycles. The Morgan fingerprint density at radius 3 is 2.31 bits per heavy atom. The van der Waals surface area contributed by atoms with E-state index in [-0.39, 0.29) is 11.7 Å². The fraction of sp³-hybridized carbons (Fsp3) is 0.455. The number of phenols is 1. The number of aliphatic hydroxyl groups excluding tert-OH is 1. The van der Waals surface area contributed by atoms with Crippen LogP contribution in [-0.2, 0) is 0 Å². The third-order valence-corrected chi connectivity index (χ3v) is 2.21. The SMILES string of the molecule is Cc1ccc([C@@H](O)C(C)C)cc1O. The highest BCUT2D eigenvalue weighted by atomic mass is 16.3. The minimum absolute atomic E-state index is 0.169. The summed E-state index contributed by atoms with van der Waals surface area (Å²) in [5, 5.41) is 19.1. The van der Waals surface area contributed by atoms with Gasteiger partial charge in [0.15, 0.2) is 0 Å². The van der Waals surface area contributed by atoms with Gasteiger partial charge in [-0.3, -0.25) is 0 Å². The molecule has 0 spiro atoms. The van der Waals surface area contributed by atoms with Crippen LogP contribution in [0.5, 0.6) is 5.75 Å². The maximum absolute atomic E-state index is 9.70. The number of hydrogen-bond donors (Lipinski definition) is 2. The average Bonchev–Trinajstić information content (AvgIpc) is 2.08. The standard InChI is InChI=1S/C11H16O2/c1-7(2)11(13)9-5-4-8(3)10(12)6-9/h4-7,11-13H,1-3H3/t11-/m0/s1. The molecule has 1 aromatic rings. The first-order valence-electron chi connectivity index (χ1n) is 4.50. The molecule has 0 saturated heterocycles. The van der Waals surface area contributed by atoms with Crippen molar-refractivity contribution >= 4 is 0 Å². The van der Waals surface area contributed by atoms with E-state index in [9.17, 15) is 10.2 Å². The Bertz CT molecular complexity index is 292. The van der Waals surface area contributed by atoms with Crippen LogP contribution in [-0.4, -0.2) is 10.2 Å². The predicted octanol–water partition coefficient (Wildman–Crippen LogP) is 2.39. The Labute approximate surface area is 78.8 Å². The van der Waals surface area contributed by atoms with Crippen LogP contribution in [0.15, 0.2) is 18.2 Å². The molecule has 72 valence electrons. The van der Waals surface area contributed by atoms with Gasteiger partial charge in [-0.15, -0.1) is 0 Å².